The van der Waals surface area contributed by atoms with Crippen LogP contribution >= 0.6 is 0 Å². The van der Waals surface area contributed by atoms with Gasteiger partial charge >= 0.3 is 0 Å². The number of para-hydroxylation sites is 1. The Balaban J connectivity index is 1.32. The molecule has 1 aliphatic heterocycles. The lowest BCUT2D eigenvalue weighted by Gasteiger charge is -2.34. The van der Waals surface area contributed by atoms with Crippen LogP contribution in [0.3, 0.4) is 0 Å². The summed E-state index contributed by atoms with van der Waals surface area (Å²) in [6.07, 6.45) is 2.08. The number of nitrogens with zero attached hydrogens (tertiary/aromatic N) is 4. The van der Waals surface area contributed by atoms with Crippen LogP contribution in [0.2, 0.25) is 0 Å². The molecule has 1 aromatic carbocycles. The van der Waals surface area contributed by atoms with Crippen molar-refractivity contribution in [2.45, 2.75) is 20.4 Å². The highest BCUT2D eigenvalue weighted by Gasteiger charge is 2.25. The molecule has 31 heavy (non-hydrogen) atoms. The van der Waals surface area contributed by atoms with Gasteiger partial charge in [0.1, 0.15) is 5.65 Å². The number of fused-ring (bicyclic) bond motifs is 2. The smallest absolute Gasteiger partial charge is 0.254 e. The molecule has 7 nitrogen and oxygen atoms in total. The van der Waals surface area contributed by atoms with Crippen molar-refractivity contribution >= 4 is 22.5 Å². The number of aromatic nitrogens is 3. The number of aryl methyl sites for hydroxylation is 2. The number of pyridine rings is 2. The van der Waals surface area contributed by atoms with Crippen LogP contribution < -0.4 is 5.56 Å². The normalized spacial score (nSPS) is 15.1. The Hall–Kier alpha value is -3.45. The van der Waals surface area contributed by atoms with Gasteiger partial charge in [0.15, 0.2) is 0 Å². The highest BCUT2D eigenvalue weighted by atomic mass is 16.2. The van der Waals surface area contributed by atoms with Crippen molar-refractivity contribution in [3.63, 3.8) is 0 Å². The predicted octanol–water partition coefficient (Wildman–Crippen LogP) is 2.75. The van der Waals surface area contributed by atoms with Crippen molar-refractivity contribution in [3.05, 3.63) is 81.5 Å². The van der Waals surface area contributed by atoms with Gasteiger partial charge < -0.3 is 14.3 Å². The number of aromatic amines is 1. The largest absolute Gasteiger partial charge is 0.336 e. The summed E-state index contributed by atoms with van der Waals surface area (Å²) in [5.74, 6) is -0.0802. The molecule has 1 aliphatic rings. The summed E-state index contributed by atoms with van der Waals surface area (Å²) in [5.41, 5.74) is 5.32. The molecule has 1 fully saturated rings. The number of carbonyl (C=O) groups excluding carboxylic acids is 1. The number of amides is 1. The first kappa shape index (κ1) is 19.5. The number of carbonyl (C=O) groups is 1. The third kappa shape index (κ3) is 3.61. The zero-order valence-corrected chi connectivity index (χ0v) is 17.8. The molecule has 0 bridgehead atoms. The summed E-state index contributed by atoms with van der Waals surface area (Å²) >= 11 is 0. The van der Waals surface area contributed by atoms with Crippen LogP contribution in [0.4, 0.5) is 0 Å². The number of hydrogen-bond acceptors (Lipinski definition) is 4. The Morgan fingerprint density at radius 1 is 1.06 bits per heavy atom. The average Bonchev–Trinajstić information content (AvgIpc) is 3.07. The zero-order valence-electron chi connectivity index (χ0n) is 17.8. The van der Waals surface area contributed by atoms with Gasteiger partial charge in [-0.25, -0.2) is 4.98 Å². The molecule has 4 aromatic rings. The van der Waals surface area contributed by atoms with Crippen LogP contribution in [-0.2, 0) is 6.54 Å². The van der Waals surface area contributed by atoms with Crippen molar-refractivity contribution in [3.8, 4) is 0 Å². The topological polar surface area (TPSA) is 73.7 Å². The molecule has 0 radical (unpaired) electrons. The SMILES string of the molecule is Cc1ccn2c(CN3CCN(C(=O)c4cc(=O)[nH]c5ccccc45)CC3)c(C)nc2c1. The number of benzene rings is 1. The van der Waals surface area contributed by atoms with E-state index in [0.717, 1.165) is 36.4 Å². The van der Waals surface area contributed by atoms with E-state index in [0.29, 0.717) is 24.2 Å². The van der Waals surface area contributed by atoms with E-state index in [2.05, 4.69) is 46.5 Å². The summed E-state index contributed by atoms with van der Waals surface area (Å²) in [5, 5.41) is 0.783. The van der Waals surface area contributed by atoms with Gasteiger partial charge in [-0.1, -0.05) is 18.2 Å². The first-order valence-corrected chi connectivity index (χ1v) is 10.6. The summed E-state index contributed by atoms with van der Waals surface area (Å²) in [7, 11) is 0. The van der Waals surface area contributed by atoms with Crippen molar-refractivity contribution in [1.82, 2.24) is 24.2 Å². The zero-order chi connectivity index (χ0) is 21.5. The molecular weight excluding hydrogens is 390 g/mol. The molecule has 3 aromatic heterocycles. The second-order valence-corrected chi connectivity index (χ2v) is 8.24. The highest BCUT2D eigenvalue weighted by Crippen LogP contribution is 2.19. The van der Waals surface area contributed by atoms with Crippen LogP contribution in [0.5, 0.6) is 0 Å². The second-order valence-electron chi connectivity index (χ2n) is 8.24. The Kier molecular flexibility index (Phi) is 4.82. The van der Waals surface area contributed by atoms with Crippen molar-refractivity contribution in [2.24, 2.45) is 0 Å². The second kappa shape index (κ2) is 7.67. The van der Waals surface area contributed by atoms with Crippen LogP contribution in [0, 0.1) is 13.8 Å². The van der Waals surface area contributed by atoms with Gasteiger partial charge in [0.25, 0.3) is 5.91 Å². The van der Waals surface area contributed by atoms with Gasteiger partial charge in [-0.05, 0) is 37.6 Å². The minimum Gasteiger partial charge on any atom is -0.336 e. The average molecular weight is 415 g/mol. The fourth-order valence-electron chi connectivity index (χ4n) is 4.38. The number of rotatable bonds is 3. The van der Waals surface area contributed by atoms with E-state index in [4.69, 9.17) is 4.98 Å². The first-order chi connectivity index (χ1) is 15.0. The minimum atomic E-state index is -0.251. The van der Waals surface area contributed by atoms with Crippen LogP contribution in [0.1, 0.15) is 27.3 Å². The predicted molar refractivity (Wildman–Crippen MR) is 120 cm³/mol. The molecular formula is C24H25N5O2. The molecule has 0 spiro atoms. The third-order valence-electron chi connectivity index (χ3n) is 6.09. The van der Waals surface area contributed by atoms with E-state index < -0.39 is 0 Å². The van der Waals surface area contributed by atoms with E-state index in [1.807, 2.05) is 29.2 Å². The Morgan fingerprint density at radius 2 is 1.84 bits per heavy atom. The van der Waals surface area contributed by atoms with Gasteiger partial charge in [0, 0.05) is 55.9 Å². The van der Waals surface area contributed by atoms with E-state index in [1.165, 1.54) is 17.3 Å². The molecule has 4 heterocycles. The van der Waals surface area contributed by atoms with Crippen molar-refractivity contribution in [1.29, 1.82) is 0 Å². The Morgan fingerprint density at radius 3 is 2.65 bits per heavy atom. The molecule has 1 saturated heterocycles. The number of piperazine rings is 1. The minimum absolute atomic E-state index is 0.0802. The van der Waals surface area contributed by atoms with Crippen LogP contribution in [-0.4, -0.2) is 56.3 Å². The van der Waals surface area contributed by atoms with Gasteiger partial charge in [0.05, 0.1) is 17.0 Å². The molecule has 0 aliphatic carbocycles. The standard InChI is InChI=1S/C24H25N5O2/c1-16-7-8-29-21(17(2)25-22(29)13-16)15-27-9-11-28(12-10-27)24(31)19-14-23(30)26-20-6-4-3-5-18(19)20/h3-8,13-14H,9-12,15H2,1-2H3,(H,26,30). The number of H-pyrrole nitrogens is 1. The third-order valence-corrected chi connectivity index (χ3v) is 6.09. The van der Waals surface area contributed by atoms with Gasteiger partial charge in [-0.15, -0.1) is 0 Å². The van der Waals surface area contributed by atoms with Gasteiger partial charge in [-0.2, -0.15) is 0 Å². The lowest BCUT2D eigenvalue weighted by molar-refractivity contribution is 0.0628. The van der Waals surface area contributed by atoms with Crippen molar-refractivity contribution < 1.29 is 4.79 Å². The molecule has 158 valence electrons. The van der Waals surface area contributed by atoms with Crippen LogP contribution in [0.15, 0.2) is 53.5 Å². The molecule has 7 heteroatoms. The van der Waals surface area contributed by atoms with E-state index >= 15 is 0 Å². The number of hydrogen-bond donors (Lipinski definition) is 1. The fraction of sp³-hybridized carbons (Fsp3) is 0.292. The molecule has 0 saturated carbocycles. The molecule has 1 amide bonds. The maximum Gasteiger partial charge on any atom is 0.254 e. The summed E-state index contributed by atoms with van der Waals surface area (Å²) in [6.45, 7) is 7.76. The highest BCUT2D eigenvalue weighted by molar-refractivity contribution is 6.05. The van der Waals surface area contributed by atoms with Gasteiger partial charge in [-0.3, -0.25) is 14.5 Å². The number of nitrogens with one attached hydrogen (secondary N) is 1. The quantitative estimate of drug-likeness (QED) is 0.558. The lowest BCUT2D eigenvalue weighted by atomic mass is 10.1. The van der Waals surface area contributed by atoms with Crippen LogP contribution in [0.25, 0.3) is 16.6 Å². The molecule has 1 N–H and O–H groups in total. The lowest BCUT2D eigenvalue weighted by Crippen LogP contribution is -2.48. The molecule has 5 rings (SSSR count). The molecule has 0 atom stereocenters. The van der Waals surface area contributed by atoms with E-state index in [-0.39, 0.29) is 11.5 Å². The fourth-order valence-corrected chi connectivity index (χ4v) is 4.38. The van der Waals surface area contributed by atoms with E-state index in [9.17, 15) is 9.59 Å². The first-order valence-electron chi connectivity index (χ1n) is 10.6. The summed E-state index contributed by atoms with van der Waals surface area (Å²) in [4.78, 5) is 36.9. The molecule has 0 unspecified atom stereocenters. The maximum atomic E-state index is 13.2. The maximum absolute atomic E-state index is 13.2. The van der Waals surface area contributed by atoms with Crippen molar-refractivity contribution in [2.75, 3.05) is 26.2 Å². The Bertz CT molecular complexity index is 1350. The summed E-state index contributed by atoms with van der Waals surface area (Å²) < 4.78 is 2.16. The number of imidazole rings is 1. The monoisotopic (exact) mass is 415 g/mol. The van der Waals surface area contributed by atoms with Gasteiger partial charge in [0.2, 0.25) is 5.56 Å². The summed E-state index contributed by atoms with van der Waals surface area (Å²) in [6, 6.07) is 13.1. The van der Waals surface area contributed by atoms with E-state index in [1.54, 1.807) is 0 Å². The Labute approximate surface area is 179 Å².